The van der Waals surface area contributed by atoms with E-state index in [0.29, 0.717) is 12.5 Å². The van der Waals surface area contributed by atoms with Crippen LogP contribution < -0.4 is 5.32 Å². The second-order valence-electron chi connectivity index (χ2n) is 5.80. The van der Waals surface area contributed by atoms with Crippen LogP contribution in [0.1, 0.15) is 44.9 Å². The minimum absolute atomic E-state index is 0.0447. The number of carboxylic acid groups (broad SMARTS) is 1. The van der Waals surface area contributed by atoms with Crippen LogP contribution >= 0.6 is 0 Å². The number of rotatable bonds is 4. The smallest absolute Gasteiger partial charge is 0.326 e. The first kappa shape index (κ1) is 15.1. The number of carbonyl (C=O) groups excluding carboxylic acids is 1. The Bertz CT molecular complexity index is 359. The molecule has 0 aromatic rings. The second kappa shape index (κ2) is 6.92. The number of carboxylic acids is 1. The highest BCUT2D eigenvalue weighted by Gasteiger charge is 2.36. The number of aliphatic carboxylic acids is 1. The van der Waals surface area contributed by atoms with Gasteiger partial charge in [0, 0.05) is 25.6 Å². The van der Waals surface area contributed by atoms with Crippen molar-refractivity contribution in [2.24, 2.45) is 5.92 Å². The molecule has 0 bridgehead atoms. The largest absolute Gasteiger partial charge is 0.480 e. The van der Waals surface area contributed by atoms with E-state index in [4.69, 9.17) is 10.2 Å². The highest BCUT2D eigenvalue weighted by atomic mass is 16.4. The molecule has 6 heteroatoms. The minimum Gasteiger partial charge on any atom is -0.480 e. The van der Waals surface area contributed by atoms with Gasteiger partial charge in [0.05, 0.1) is 0 Å². The average Bonchev–Trinajstić information content (AvgIpc) is 2.46. The molecule has 114 valence electrons. The first-order valence-electron chi connectivity index (χ1n) is 7.54. The molecular formula is C14H24N2O4. The lowest BCUT2D eigenvalue weighted by Gasteiger charge is -2.44. The molecule has 3 atom stereocenters. The van der Waals surface area contributed by atoms with Gasteiger partial charge in [-0.05, 0) is 31.6 Å². The molecule has 2 fully saturated rings. The highest BCUT2D eigenvalue weighted by Crippen LogP contribution is 2.35. The van der Waals surface area contributed by atoms with Crippen molar-refractivity contribution >= 4 is 12.0 Å². The molecular weight excluding hydrogens is 260 g/mol. The van der Waals surface area contributed by atoms with E-state index in [-0.39, 0.29) is 25.1 Å². The molecule has 0 radical (unpaired) electrons. The third kappa shape index (κ3) is 3.42. The number of urea groups is 1. The van der Waals surface area contributed by atoms with E-state index in [1.807, 2.05) is 4.90 Å². The first-order chi connectivity index (χ1) is 9.63. The van der Waals surface area contributed by atoms with E-state index in [1.165, 1.54) is 19.3 Å². The predicted molar refractivity (Wildman–Crippen MR) is 73.3 cm³/mol. The molecule has 1 saturated heterocycles. The van der Waals surface area contributed by atoms with Crippen molar-refractivity contribution in [1.29, 1.82) is 0 Å². The number of carbonyl (C=O) groups is 2. The Balaban J connectivity index is 1.97. The van der Waals surface area contributed by atoms with E-state index in [9.17, 15) is 9.59 Å². The van der Waals surface area contributed by atoms with Crippen LogP contribution in [0.4, 0.5) is 4.79 Å². The molecule has 1 heterocycles. The molecule has 2 unspecified atom stereocenters. The summed E-state index contributed by atoms with van der Waals surface area (Å²) >= 11 is 0. The molecule has 1 saturated carbocycles. The molecule has 0 spiro atoms. The number of aliphatic hydroxyl groups is 1. The lowest BCUT2D eigenvalue weighted by atomic mass is 9.78. The Labute approximate surface area is 119 Å². The van der Waals surface area contributed by atoms with Crippen molar-refractivity contribution in [1.82, 2.24) is 10.2 Å². The Morgan fingerprint density at radius 3 is 2.60 bits per heavy atom. The predicted octanol–water partition coefficient (Wildman–Crippen LogP) is 1.19. The van der Waals surface area contributed by atoms with Gasteiger partial charge in [0.1, 0.15) is 6.04 Å². The molecule has 6 nitrogen and oxygen atoms in total. The first-order valence-corrected chi connectivity index (χ1v) is 7.54. The summed E-state index contributed by atoms with van der Waals surface area (Å²) in [5.74, 6) is -0.519. The maximum Gasteiger partial charge on any atom is 0.326 e. The van der Waals surface area contributed by atoms with Gasteiger partial charge in [-0.15, -0.1) is 0 Å². The van der Waals surface area contributed by atoms with E-state index in [2.05, 4.69) is 5.32 Å². The number of piperidine rings is 1. The zero-order valence-corrected chi connectivity index (χ0v) is 11.8. The number of aliphatic hydroxyl groups excluding tert-OH is 1. The van der Waals surface area contributed by atoms with Crippen LogP contribution in [0.25, 0.3) is 0 Å². The third-order valence-corrected chi connectivity index (χ3v) is 4.52. The summed E-state index contributed by atoms with van der Waals surface area (Å²) in [5, 5.41) is 20.5. The highest BCUT2D eigenvalue weighted by molar-refractivity contribution is 5.82. The van der Waals surface area contributed by atoms with Gasteiger partial charge in [-0.1, -0.05) is 12.8 Å². The summed E-state index contributed by atoms with van der Waals surface area (Å²) in [4.78, 5) is 25.2. The number of hydrogen-bond donors (Lipinski definition) is 3. The maximum atomic E-state index is 12.3. The summed E-state index contributed by atoms with van der Waals surface area (Å²) < 4.78 is 0. The standard InChI is InChI=1S/C14H24N2O4/c17-9-7-11(13(18)19)15-14(20)16-8-3-5-10-4-1-2-6-12(10)16/h10-12,17H,1-9H2,(H,15,20)(H,18,19)/t10?,11-,12?/m0/s1. The van der Waals surface area contributed by atoms with Crippen molar-refractivity contribution in [3.05, 3.63) is 0 Å². The Kier molecular flexibility index (Phi) is 5.23. The Morgan fingerprint density at radius 1 is 1.20 bits per heavy atom. The number of hydrogen-bond acceptors (Lipinski definition) is 3. The van der Waals surface area contributed by atoms with Gasteiger partial charge in [-0.25, -0.2) is 9.59 Å². The lowest BCUT2D eigenvalue weighted by molar-refractivity contribution is -0.139. The number of nitrogens with zero attached hydrogens (tertiary/aromatic N) is 1. The number of likely N-dealkylation sites (tertiary alicyclic amines) is 1. The summed E-state index contributed by atoms with van der Waals surface area (Å²) in [6.45, 7) is 0.460. The molecule has 0 aromatic carbocycles. The zero-order valence-electron chi connectivity index (χ0n) is 11.8. The second-order valence-corrected chi connectivity index (χ2v) is 5.80. The Hall–Kier alpha value is -1.30. The van der Waals surface area contributed by atoms with Crippen LogP contribution in [0.15, 0.2) is 0 Å². The fourth-order valence-electron chi connectivity index (χ4n) is 3.50. The van der Waals surface area contributed by atoms with Crippen LogP contribution in [-0.2, 0) is 4.79 Å². The van der Waals surface area contributed by atoms with Gasteiger partial charge < -0.3 is 20.4 Å². The zero-order chi connectivity index (χ0) is 14.5. The monoisotopic (exact) mass is 284 g/mol. The van der Waals surface area contributed by atoms with Crippen LogP contribution in [0.3, 0.4) is 0 Å². The SMILES string of the molecule is O=C(O)[C@H](CCO)NC(=O)N1CCCC2CCCCC21. The number of nitrogens with one attached hydrogen (secondary N) is 1. The number of fused-ring (bicyclic) bond motifs is 1. The molecule has 3 N–H and O–H groups in total. The van der Waals surface area contributed by atoms with Crippen molar-refractivity contribution in [2.75, 3.05) is 13.2 Å². The summed E-state index contributed by atoms with van der Waals surface area (Å²) in [7, 11) is 0. The van der Waals surface area contributed by atoms with Crippen molar-refractivity contribution in [3.63, 3.8) is 0 Å². The minimum atomic E-state index is -1.09. The fourth-order valence-corrected chi connectivity index (χ4v) is 3.50. The maximum absolute atomic E-state index is 12.3. The lowest BCUT2D eigenvalue weighted by Crippen LogP contribution is -2.56. The van der Waals surface area contributed by atoms with Gasteiger partial charge in [0.2, 0.25) is 0 Å². The quantitative estimate of drug-likeness (QED) is 0.723. The van der Waals surface area contributed by atoms with E-state index >= 15 is 0 Å². The van der Waals surface area contributed by atoms with Crippen LogP contribution in [-0.4, -0.2) is 52.3 Å². The van der Waals surface area contributed by atoms with Crippen LogP contribution in [0.2, 0.25) is 0 Å². The molecule has 1 aliphatic heterocycles. The van der Waals surface area contributed by atoms with Crippen LogP contribution in [0, 0.1) is 5.92 Å². The van der Waals surface area contributed by atoms with Crippen LogP contribution in [0.5, 0.6) is 0 Å². The van der Waals surface area contributed by atoms with Gasteiger partial charge >= 0.3 is 12.0 Å². The molecule has 20 heavy (non-hydrogen) atoms. The average molecular weight is 284 g/mol. The molecule has 2 rings (SSSR count). The summed E-state index contributed by atoms with van der Waals surface area (Å²) in [5.41, 5.74) is 0. The third-order valence-electron chi connectivity index (χ3n) is 4.52. The topological polar surface area (TPSA) is 89.9 Å². The molecule has 2 aliphatic rings. The van der Waals surface area contributed by atoms with Gasteiger partial charge in [0.25, 0.3) is 0 Å². The van der Waals surface area contributed by atoms with Crippen molar-refractivity contribution in [2.45, 2.75) is 57.0 Å². The van der Waals surface area contributed by atoms with E-state index < -0.39 is 12.0 Å². The molecule has 0 aromatic heterocycles. The summed E-state index contributed by atoms with van der Waals surface area (Å²) in [6.07, 6.45) is 6.79. The van der Waals surface area contributed by atoms with E-state index in [1.54, 1.807) is 0 Å². The summed E-state index contributed by atoms with van der Waals surface area (Å²) in [6, 6.07) is -1.03. The molecule has 2 amide bonds. The van der Waals surface area contributed by atoms with Gasteiger partial charge in [-0.2, -0.15) is 0 Å². The normalized spacial score (nSPS) is 27.6. The van der Waals surface area contributed by atoms with Crippen molar-refractivity contribution in [3.8, 4) is 0 Å². The Morgan fingerprint density at radius 2 is 1.90 bits per heavy atom. The van der Waals surface area contributed by atoms with Crippen molar-refractivity contribution < 1.29 is 19.8 Å². The van der Waals surface area contributed by atoms with Gasteiger partial charge in [0.15, 0.2) is 0 Å². The van der Waals surface area contributed by atoms with Gasteiger partial charge in [-0.3, -0.25) is 0 Å². The molecule has 1 aliphatic carbocycles. The van der Waals surface area contributed by atoms with E-state index in [0.717, 1.165) is 19.3 Å². The number of amides is 2. The fraction of sp³-hybridized carbons (Fsp3) is 0.857.